The maximum atomic E-state index is 12.5. The van der Waals surface area contributed by atoms with E-state index in [0.717, 1.165) is 11.1 Å². The van der Waals surface area contributed by atoms with E-state index in [1.54, 1.807) is 24.3 Å². The fraction of sp³-hybridized carbons (Fsp3) is 0.100. The number of fused-ring (bicyclic) bond motifs is 1. The van der Waals surface area contributed by atoms with Crippen LogP contribution in [-0.2, 0) is 6.54 Å². The van der Waals surface area contributed by atoms with Gasteiger partial charge >= 0.3 is 5.82 Å². The Bertz CT molecular complexity index is 957. The summed E-state index contributed by atoms with van der Waals surface area (Å²) in [5, 5.41) is 0. The number of nitrogens with zero attached hydrogens (tertiary/aromatic N) is 1. The monoisotopic (exact) mass is 367 g/mol. The number of nitrogens with one attached hydrogen (secondary N) is 1. The second kappa shape index (κ2) is 6.57. The lowest BCUT2D eigenvalue weighted by Gasteiger charge is -2.32. The molecule has 5 nitrogen and oxygen atoms in total. The molecule has 1 aromatic heterocycles. The van der Waals surface area contributed by atoms with Crippen molar-refractivity contribution in [2.75, 3.05) is 10.5 Å². The summed E-state index contributed by atoms with van der Waals surface area (Å²) in [7, 11) is -2.81. The highest BCUT2D eigenvalue weighted by Gasteiger charge is 2.30. The number of aromatic nitrogens is 1. The van der Waals surface area contributed by atoms with Gasteiger partial charge in [0.05, 0.1) is 11.8 Å². The van der Waals surface area contributed by atoms with Gasteiger partial charge in [-0.05, 0) is 17.7 Å². The zero-order valence-corrected chi connectivity index (χ0v) is 14.8. The molecule has 0 unspecified atom stereocenters. The highest BCUT2D eigenvalue weighted by molar-refractivity contribution is 8.25. The highest BCUT2D eigenvalue weighted by atomic mass is 32.3. The van der Waals surface area contributed by atoms with Crippen LogP contribution in [-0.4, -0.2) is 20.6 Å². The predicted molar refractivity (Wildman–Crippen MR) is 103 cm³/mol. The number of hydrogen-bond acceptors (Lipinski definition) is 4. The maximum Gasteiger partial charge on any atom is 0.304 e. The van der Waals surface area contributed by atoms with Crippen molar-refractivity contribution in [1.29, 1.82) is 0 Å². The van der Waals surface area contributed by atoms with E-state index in [1.165, 1.54) is 0 Å². The first kappa shape index (κ1) is 16.8. The third-order valence-electron chi connectivity index (χ3n) is 4.44. The lowest BCUT2D eigenvalue weighted by molar-refractivity contribution is -0.679. The van der Waals surface area contributed by atoms with Crippen LogP contribution in [0, 0.1) is 0 Å². The number of hydrogen-bond donors (Lipinski definition) is 3. The van der Waals surface area contributed by atoms with Gasteiger partial charge in [-0.3, -0.25) is 13.9 Å². The Balaban J connectivity index is 1.67. The number of rotatable bonds is 3. The summed E-state index contributed by atoms with van der Waals surface area (Å²) in [4.78, 5) is 12.5. The Morgan fingerprint density at radius 2 is 1.62 bits per heavy atom. The molecule has 6 heteroatoms. The van der Waals surface area contributed by atoms with E-state index >= 15 is 0 Å². The molecule has 1 aliphatic rings. The summed E-state index contributed by atoms with van der Waals surface area (Å²) < 4.78 is 24.8. The summed E-state index contributed by atoms with van der Waals surface area (Å²) in [6.07, 6.45) is 1.91. The molecule has 0 saturated carbocycles. The number of aryl methyl sites for hydroxylation is 1. The molecule has 2 aromatic carbocycles. The summed E-state index contributed by atoms with van der Waals surface area (Å²) in [5.41, 5.74) is 3.05. The van der Waals surface area contributed by atoms with Crippen LogP contribution in [0.1, 0.15) is 15.9 Å². The molecule has 0 aliphatic carbocycles. The van der Waals surface area contributed by atoms with Crippen LogP contribution in [0.2, 0.25) is 0 Å². The second-order valence-electron chi connectivity index (χ2n) is 6.21. The third-order valence-corrected chi connectivity index (χ3v) is 5.71. The zero-order chi connectivity index (χ0) is 18.1. The number of benzene rings is 2. The highest BCUT2D eigenvalue weighted by Crippen LogP contribution is 2.42. The van der Waals surface area contributed by atoms with E-state index in [1.807, 2.05) is 53.2 Å². The van der Waals surface area contributed by atoms with Crippen molar-refractivity contribution >= 4 is 22.4 Å². The minimum atomic E-state index is -2.81. The largest absolute Gasteiger partial charge is 0.304 e. The number of ketones is 1. The first-order valence-corrected chi connectivity index (χ1v) is 10.0. The van der Waals surface area contributed by atoms with E-state index < -0.39 is 10.8 Å². The number of carbonyl (C=O) groups excluding carboxylic acids is 1. The molecule has 0 fully saturated rings. The molecule has 0 amide bonds. The molecule has 26 heavy (non-hydrogen) atoms. The first-order chi connectivity index (χ1) is 12.5. The number of anilines is 1. The smallest absolute Gasteiger partial charge is 0.289 e. The van der Waals surface area contributed by atoms with E-state index in [2.05, 4.69) is 4.72 Å². The Kier molecular flexibility index (Phi) is 4.24. The van der Waals surface area contributed by atoms with Crippen LogP contribution in [0.25, 0.3) is 11.1 Å². The SMILES string of the molecule is O=C(c1ccccc1)c1ccc(-c2ccc[n+]3c2NS(O)(O)CC3)cc1. The van der Waals surface area contributed by atoms with Crippen molar-refractivity contribution < 1.29 is 18.5 Å². The van der Waals surface area contributed by atoms with Crippen molar-refractivity contribution in [2.45, 2.75) is 6.54 Å². The summed E-state index contributed by atoms with van der Waals surface area (Å²) in [6.45, 7) is 0.545. The van der Waals surface area contributed by atoms with Gasteiger partial charge < -0.3 is 0 Å². The zero-order valence-electron chi connectivity index (χ0n) is 14.0. The molecular formula is C20H19N2O3S+. The average molecular weight is 367 g/mol. The fourth-order valence-corrected chi connectivity index (χ4v) is 4.16. The molecule has 0 spiro atoms. The van der Waals surface area contributed by atoms with Crippen LogP contribution in [0.4, 0.5) is 5.82 Å². The quantitative estimate of drug-likeness (QED) is 0.484. The van der Waals surface area contributed by atoms with Crippen LogP contribution in [0.5, 0.6) is 0 Å². The van der Waals surface area contributed by atoms with Gasteiger partial charge in [0, 0.05) is 11.1 Å². The average Bonchev–Trinajstić information content (AvgIpc) is 2.67. The minimum Gasteiger partial charge on any atom is -0.289 e. The van der Waals surface area contributed by atoms with Crippen molar-refractivity contribution in [3.05, 3.63) is 84.1 Å². The van der Waals surface area contributed by atoms with E-state index in [9.17, 15) is 13.9 Å². The standard InChI is InChI=1S/C20H18N2O3S/c23-19(16-5-2-1-3-6-16)17-10-8-15(9-11-17)18-7-4-12-22-13-14-26(24,25)21-20(18)22/h1-12,24-25H,13-14H2/p+1. The number of carbonyl (C=O) groups is 1. The van der Waals surface area contributed by atoms with Gasteiger partial charge in [-0.1, -0.05) is 65.4 Å². The Hall–Kier alpha value is -2.67. The van der Waals surface area contributed by atoms with Gasteiger partial charge in [0.1, 0.15) is 12.3 Å². The molecule has 1 aliphatic heterocycles. The molecule has 0 atom stereocenters. The van der Waals surface area contributed by atoms with Crippen LogP contribution in [0.3, 0.4) is 0 Å². The van der Waals surface area contributed by atoms with E-state index in [4.69, 9.17) is 0 Å². The van der Waals surface area contributed by atoms with Crippen molar-refractivity contribution in [1.82, 2.24) is 0 Å². The lowest BCUT2D eigenvalue weighted by Crippen LogP contribution is -2.45. The Labute approximate surface area is 153 Å². The first-order valence-electron chi connectivity index (χ1n) is 8.30. The van der Waals surface area contributed by atoms with Crippen LogP contribution in [0.15, 0.2) is 72.9 Å². The Morgan fingerprint density at radius 3 is 2.35 bits per heavy atom. The van der Waals surface area contributed by atoms with Gasteiger partial charge in [-0.2, -0.15) is 4.72 Å². The van der Waals surface area contributed by atoms with E-state index in [-0.39, 0.29) is 5.78 Å². The van der Waals surface area contributed by atoms with Crippen LogP contribution < -0.4 is 9.29 Å². The number of pyridine rings is 1. The van der Waals surface area contributed by atoms with Crippen LogP contribution >= 0.6 is 10.8 Å². The Morgan fingerprint density at radius 1 is 0.923 bits per heavy atom. The minimum absolute atomic E-state index is 0.0195. The molecular weight excluding hydrogens is 348 g/mol. The van der Waals surface area contributed by atoms with Gasteiger partial charge in [0.2, 0.25) is 0 Å². The molecule has 3 aromatic rings. The van der Waals surface area contributed by atoms with Crippen molar-refractivity contribution in [2.24, 2.45) is 0 Å². The summed E-state index contributed by atoms with van der Waals surface area (Å²) >= 11 is 0. The fourth-order valence-electron chi connectivity index (χ4n) is 3.07. The molecule has 2 heterocycles. The third kappa shape index (κ3) is 3.22. The van der Waals surface area contributed by atoms with E-state index in [0.29, 0.717) is 29.2 Å². The normalized spacial score (nSPS) is 16.2. The molecule has 132 valence electrons. The molecule has 0 bridgehead atoms. The molecule has 3 N–H and O–H groups in total. The van der Waals surface area contributed by atoms with Gasteiger partial charge in [-0.25, -0.2) is 4.57 Å². The van der Waals surface area contributed by atoms with Gasteiger partial charge in [0.15, 0.2) is 5.78 Å². The molecule has 0 saturated heterocycles. The second-order valence-corrected chi connectivity index (χ2v) is 8.16. The lowest BCUT2D eigenvalue weighted by atomic mass is 9.99. The summed E-state index contributed by atoms with van der Waals surface area (Å²) in [6, 6.07) is 20.4. The van der Waals surface area contributed by atoms with Gasteiger partial charge in [-0.15, -0.1) is 0 Å². The van der Waals surface area contributed by atoms with Gasteiger partial charge in [0.25, 0.3) is 0 Å². The topological polar surface area (TPSA) is 73.4 Å². The van der Waals surface area contributed by atoms with Crippen molar-refractivity contribution in [3.63, 3.8) is 0 Å². The summed E-state index contributed by atoms with van der Waals surface area (Å²) in [5.74, 6) is 0.952. The van der Waals surface area contributed by atoms with Crippen molar-refractivity contribution in [3.8, 4) is 11.1 Å². The molecule has 4 rings (SSSR count). The maximum absolute atomic E-state index is 12.5. The predicted octanol–water partition coefficient (Wildman–Crippen LogP) is 3.96. The molecule has 0 radical (unpaired) electrons.